The van der Waals surface area contributed by atoms with E-state index in [0.29, 0.717) is 0 Å². The Labute approximate surface area is 117 Å². The normalized spacial score (nSPS) is 18.6. The zero-order valence-electron chi connectivity index (χ0n) is 12.3. The van der Waals surface area contributed by atoms with Crippen LogP contribution in [0.3, 0.4) is 0 Å². The van der Waals surface area contributed by atoms with Gasteiger partial charge >= 0.3 is 11.9 Å². The predicted molar refractivity (Wildman–Crippen MR) is 68.5 cm³/mol. The minimum absolute atomic E-state index is 0.111. The first-order valence-corrected chi connectivity index (χ1v) is 6.26. The summed E-state index contributed by atoms with van der Waals surface area (Å²) in [5.41, 5.74) is -0.111. The number of hydrogen-bond acceptors (Lipinski definition) is 6. The number of carbonyl (C=O) groups is 3. The first-order valence-electron chi connectivity index (χ1n) is 6.26. The van der Waals surface area contributed by atoms with Crippen molar-refractivity contribution >= 4 is 17.8 Å². The third-order valence-corrected chi connectivity index (χ3v) is 2.90. The summed E-state index contributed by atoms with van der Waals surface area (Å²) in [5, 5.41) is 0. The van der Waals surface area contributed by atoms with Gasteiger partial charge in [-0.15, -0.1) is 0 Å². The molecule has 0 bridgehead atoms. The molecular weight excluding hydrogens is 266 g/mol. The lowest BCUT2D eigenvalue weighted by Gasteiger charge is -2.27. The van der Waals surface area contributed by atoms with Gasteiger partial charge in [0.2, 0.25) is 0 Å². The molecule has 0 N–H and O–H groups in total. The molecule has 1 rings (SSSR count). The van der Waals surface area contributed by atoms with Crippen molar-refractivity contribution in [1.82, 2.24) is 4.90 Å². The van der Waals surface area contributed by atoms with Gasteiger partial charge < -0.3 is 19.1 Å². The van der Waals surface area contributed by atoms with Crippen LogP contribution in [0.4, 0.5) is 0 Å². The molecule has 1 heterocycles. The van der Waals surface area contributed by atoms with E-state index in [1.807, 2.05) is 0 Å². The van der Waals surface area contributed by atoms with E-state index in [0.717, 1.165) is 0 Å². The van der Waals surface area contributed by atoms with Gasteiger partial charge in [-0.05, 0) is 20.8 Å². The third-order valence-electron chi connectivity index (χ3n) is 2.90. The highest BCUT2D eigenvalue weighted by molar-refractivity contribution is 6.11. The van der Waals surface area contributed by atoms with Crippen LogP contribution in [-0.4, -0.2) is 55.7 Å². The third kappa shape index (κ3) is 2.61. The zero-order valence-corrected chi connectivity index (χ0v) is 12.3. The van der Waals surface area contributed by atoms with Crippen molar-refractivity contribution in [3.05, 3.63) is 11.3 Å². The van der Waals surface area contributed by atoms with Crippen LogP contribution in [0.15, 0.2) is 11.3 Å². The molecule has 0 spiro atoms. The SMILES string of the molecule is CCOC1=C(C(=O)OC)C(C(=O)OC)N(C(C)C)C1=O. The summed E-state index contributed by atoms with van der Waals surface area (Å²) >= 11 is 0. The topological polar surface area (TPSA) is 82.1 Å². The number of ether oxygens (including phenoxy) is 3. The Kier molecular flexibility index (Phi) is 5.12. The Morgan fingerprint density at radius 2 is 1.85 bits per heavy atom. The maximum absolute atomic E-state index is 12.3. The molecule has 0 aliphatic carbocycles. The molecule has 0 aromatic carbocycles. The second kappa shape index (κ2) is 6.40. The number of amides is 1. The Balaban J connectivity index is 3.40. The van der Waals surface area contributed by atoms with Crippen LogP contribution in [0.25, 0.3) is 0 Å². The average Bonchev–Trinajstić information content (AvgIpc) is 2.71. The highest BCUT2D eigenvalue weighted by Gasteiger charge is 2.49. The molecule has 7 nitrogen and oxygen atoms in total. The molecule has 1 aliphatic heterocycles. The smallest absolute Gasteiger partial charge is 0.340 e. The zero-order chi connectivity index (χ0) is 15.4. The average molecular weight is 285 g/mol. The van der Waals surface area contributed by atoms with Gasteiger partial charge in [0, 0.05) is 6.04 Å². The maximum atomic E-state index is 12.3. The van der Waals surface area contributed by atoms with Crippen LogP contribution in [0.5, 0.6) is 0 Å². The monoisotopic (exact) mass is 285 g/mol. The van der Waals surface area contributed by atoms with Gasteiger partial charge in [-0.25, -0.2) is 9.59 Å². The Bertz CT molecular complexity index is 454. The van der Waals surface area contributed by atoms with Gasteiger partial charge in [-0.2, -0.15) is 0 Å². The van der Waals surface area contributed by atoms with Gasteiger partial charge in [0.25, 0.3) is 5.91 Å². The summed E-state index contributed by atoms with van der Waals surface area (Å²) in [6, 6.07) is -1.44. The van der Waals surface area contributed by atoms with Gasteiger partial charge in [0.05, 0.1) is 20.8 Å². The van der Waals surface area contributed by atoms with Gasteiger partial charge in [-0.3, -0.25) is 4.79 Å². The summed E-state index contributed by atoms with van der Waals surface area (Å²) in [4.78, 5) is 37.4. The van der Waals surface area contributed by atoms with E-state index < -0.39 is 23.9 Å². The predicted octanol–water partition coefficient (Wildman–Crippen LogP) is 0.242. The van der Waals surface area contributed by atoms with E-state index >= 15 is 0 Å². The van der Waals surface area contributed by atoms with Crippen LogP contribution in [0.2, 0.25) is 0 Å². The Morgan fingerprint density at radius 3 is 2.25 bits per heavy atom. The summed E-state index contributed by atoms with van der Waals surface area (Å²) < 4.78 is 14.6. The molecule has 112 valence electrons. The largest absolute Gasteiger partial charge is 0.488 e. The molecule has 0 saturated carbocycles. The van der Waals surface area contributed by atoms with E-state index in [-0.39, 0.29) is 24.0 Å². The molecule has 0 saturated heterocycles. The highest BCUT2D eigenvalue weighted by atomic mass is 16.5. The van der Waals surface area contributed by atoms with Crippen molar-refractivity contribution in [2.45, 2.75) is 32.9 Å². The van der Waals surface area contributed by atoms with E-state index in [2.05, 4.69) is 9.47 Å². The fraction of sp³-hybridized carbons (Fsp3) is 0.615. The number of carbonyl (C=O) groups excluding carboxylic acids is 3. The van der Waals surface area contributed by atoms with E-state index in [4.69, 9.17) is 4.74 Å². The summed E-state index contributed by atoms with van der Waals surface area (Å²) in [5.74, 6) is -2.15. The van der Waals surface area contributed by atoms with Crippen molar-refractivity contribution in [2.24, 2.45) is 0 Å². The quantitative estimate of drug-likeness (QED) is 0.673. The summed E-state index contributed by atoms with van der Waals surface area (Å²) in [6.07, 6.45) is 0. The van der Waals surface area contributed by atoms with Crippen LogP contribution >= 0.6 is 0 Å². The molecule has 0 radical (unpaired) electrons. The van der Waals surface area contributed by atoms with Crippen molar-refractivity contribution in [3.8, 4) is 0 Å². The standard InChI is InChI=1S/C13H19NO6/c1-6-20-10-8(12(16)18-4)9(13(17)19-5)14(7(2)3)11(10)15/h7,9H,6H2,1-5H3. The van der Waals surface area contributed by atoms with Crippen LogP contribution in [0.1, 0.15) is 20.8 Å². The number of rotatable bonds is 5. The van der Waals surface area contributed by atoms with Crippen LogP contribution in [-0.2, 0) is 28.6 Å². The molecule has 1 amide bonds. The Hall–Kier alpha value is -2.05. The minimum atomic E-state index is -1.14. The van der Waals surface area contributed by atoms with Crippen molar-refractivity contribution in [1.29, 1.82) is 0 Å². The molecule has 1 unspecified atom stereocenters. The summed E-state index contributed by atoms with van der Waals surface area (Å²) in [6.45, 7) is 5.34. The fourth-order valence-corrected chi connectivity index (χ4v) is 2.09. The molecule has 0 aromatic rings. The molecule has 1 atom stereocenters. The second-order valence-electron chi connectivity index (χ2n) is 4.40. The van der Waals surface area contributed by atoms with Crippen molar-refractivity contribution < 1.29 is 28.6 Å². The summed E-state index contributed by atoms with van der Waals surface area (Å²) in [7, 11) is 2.37. The van der Waals surface area contributed by atoms with E-state index in [1.54, 1.807) is 20.8 Å². The first kappa shape index (κ1) is 16.0. The van der Waals surface area contributed by atoms with Crippen LogP contribution < -0.4 is 0 Å². The second-order valence-corrected chi connectivity index (χ2v) is 4.40. The maximum Gasteiger partial charge on any atom is 0.340 e. The van der Waals surface area contributed by atoms with E-state index in [1.165, 1.54) is 19.1 Å². The molecule has 0 fully saturated rings. The van der Waals surface area contributed by atoms with Gasteiger partial charge in [0.1, 0.15) is 5.57 Å². The number of nitrogens with zero attached hydrogens (tertiary/aromatic N) is 1. The van der Waals surface area contributed by atoms with E-state index in [9.17, 15) is 14.4 Å². The van der Waals surface area contributed by atoms with Crippen molar-refractivity contribution in [3.63, 3.8) is 0 Å². The molecule has 20 heavy (non-hydrogen) atoms. The molecular formula is C13H19NO6. The minimum Gasteiger partial charge on any atom is -0.488 e. The number of esters is 2. The van der Waals surface area contributed by atoms with Crippen molar-refractivity contribution in [2.75, 3.05) is 20.8 Å². The van der Waals surface area contributed by atoms with Crippen LogP contribution in [0, 0.1) is 0 Å². The lowest BCUT2D eigenvalue weighted by molar-refractivity contribution is -0.151. The molecule has 7 heteroatoms. The van der Waals surface area contributed by atoms with Gasteiger partial charge in [0.15, 0.2) is 11.8 Å². The Morgan fingerprint density at radius 1 is 1.25 bits per heavy atom. The first-order chi connectivity index (χ1) is 9.40. The number of methoxy groups -OCH3 is 2. The fourth-order valence-electron chi connectivity index (χ4n) is 2.09. The lowest BCUT2D eigenvalue weighted by Crippen LogP contribution is -2.46. The lowest BCUT2D eigenvalue weighted by atomic mass is 10.1. The molecule has 0 aromatic heterocycles. The molecule has 1 aliphatic rings. The number of hydrogen-bond donors (Lipinski definition) is 0. The van der Waals surface area contributed by atoms with Gasteiger partial charge in [-0.1, -0.05) is 0 Å². The highest BCUT2D eigenvalue weighted by Crippen LogP contribution is 2.30.